The van der Waals surface area contributed by atoms with Gasteiger partial charge in [0.1, 0.15) is 5.82 Å². The predicted octanol–water partition coefficient (Wildman–Crippen LogP) is 1.18. The maximum atomic E-state index is 12.8. The van der Waals surface area contributed by atoms with E-state index in [-0.39, 0.29) is 24.0 Å². The minimum absolute atomic E-state index is 0.00579. The molecule has 0 aromatic carbocycles. The highest BCUT2D eigenvalue weighted by Crippen LogP contribution is 2.27. The number of hydrogen-bond donors (Lipinski definition) is 3. The van der Waals surface area contributed by atoms with E-state index in [9.17, 15) is 9.90 Å². The Bertz CT molecular complexity index is 578. The van der Waals surface area contributed by atoms with E-state index in [4.69, 9.17) is 0 Å². The van der Waals surface area contributed by atoms with Crippen LogP contribution in [0.1, 0.15) is 63.6 Å². The lowest BCUT2D eigenvalue weighted by molar-refractivity contribution is -0.127. The summed E-state index contributed by atoms with van der Waals surface area (Å²) in [6, 6.07) is -0.0984. The van der Waals surface area contributed by atoms with Crippen LogP contribution in [0.2, 0.25) is 0 Å². The number of carbonyl (C=O) groups excluding carboxylic acids is 1. The molecule has 25 heavy (non-hydrogen) atoms. The maximum absolute atomic E-state index is 12.8. The molecule has 7 nitrogen and oxygen atoms in total. The van der Waals surface area contributed by atoms with Gasteiger partial charge in [-0.15, -0.1) is 10.2 Å². The van der Waals surface area contributed by atoms with Crippen LogP contribution in [0.4, 0.5) is 0 Å². The second-order valence-electron chi connectivity index (χ2n) is 7.82. The largest absolute Gasteiger partial charge is 0.393 e. The van der Waals surface area contributed by atoms with Crippen LogP contribution in [0.25, 0.3) is 0 Å². The van der Waals surface area contributed by atoms with Crippen LogP contribution in [0, 0.1) is 11.8 Å². The summed E-state index contributed by atoms with van der Waals surface area (Å²) in [6.45, 7) is 7.00. The zero-order chi connectivity index (χ0) is 17.8. The zero-order valence-corrected chi connectivity index (χ0v) is 15.4. The third-order valence-electron chi connectivity index (χ3n) is 5.30. The Balaban J connectivity index is 1.74. The first-order chi connectivity index (χ1) is 12.0. The van der Waals surface area contributed by atoms with Gasteiger partial charge in [0.2, 0.25) is 5.91 Å². The van der Waals surface area contributed by atoms with Gasteiger partial charge in [-0.05, 0) is 38.0 Å². The predicted molar refractivity (Wildman–Crippen MR) is 94.9 cm³/mol. The van der Waals surface area contributed by atoms with Crippen molar-refractivity contribution in [1.29, 1.82) is 0 Å². The Hall–Kier alpha value is -1.47. The fraction of sp³-hybridized carbons (Fsp3) is 0.833. The van der Waals surface area contributed by atoms with Gasteiger partial charge >= 0.3 is 0 Å². The van der Waals surface area contributed by atoms with Gasteiger partial charge in [-0.3, -0.25) is 4.79 Å². The van der Waals surface area contributed by atoms with Crippen molar-refractivity contribution in [3.63, 3.8) is 0 Å². The Labute approximate surface area is 149 Å². The van der Waals surface area contributed by atoms with Crippen LogP contribution in [0.3, 0.4) is 0 Å². The van der Waals surface area contributed by atoms with Crippen LogP contribution >= 0.6 is 0 Å². The Kier molecular flexibility index (Phi) is 6.06. The Morgan fingerprint density at radius 1 is 1.28 bits per heavy atom. The Morgan fingerprint density at radius 2 is 2.04 bits per heavy atom. The fourth-order valence-corrected chi connectivity index (χ4v) is 3.88. The summed E-state index contributed by atoms with van der Waals surface area (Å²) < 4.78 is 2.18. The zero-order valence-electron chi connectivity index (χ0n) is 15.4. The van der Waals surface area contributed by atoms with Crippen molar-refractivity contribution in [3.8, 4) is 0 Å². The number of carbonyl (C=O) groups is 1. The molecule has 7 heteroatoms. The summed E-state index contributed by atoms with van der Waals surface area (Å²) in [6.07, 6.45) is 4.46. The third kappa shape index (κ3) is 4.58. The highest BCUT2D eigenvalue weighted by molar-refractivity contribution is 5.79. The van der Waals surface area contributed by atoms with Crippen LogP contribution in [-0.4, -0.2) is 45.0 Å². The van der Waals surface area contributed by atoms with Gasteiger partial charge in [0.25, 0.3) is 0 Å². The number of aliphatic hydroxyl groups excluding tert-OH is 1. The van der Waals surface area contributed by atoms with Gasteiger partial charge in [-0.1, -0.05) is 13.8 Å². The van der Waals surface area contributed by atoms with Crippen molar-refractivity contribution < 1.29 is 9.90 Å². The van der Waals surface area contributed by atoms with Gasteiger partial charge in [-0.25, -0.2) is 0 Å². The number of amides is 1. The van der Waals surface area contributed by atoms with Gasteiger partial charge in [-0.2, -0.15) is 0 Å². The van der Waals surface area contributed by atoms with E-state index in [0.29, 0.717) is 5.92 Å². The highest BCUT2D eigenvalue weighted by atomic mass is 16.3. The van der Waals surface area contributed by atoms with Crippen molar-refractivity contribution >= 4 is 5.91 Å². The quantitative estimate of drug-likeness (QED) is 0.742. The first-order valence-corrected chi connectivity index (χ1v) is 9.65. The first kappa shape index (κ1) is 18.3. The van der Waals surface area contributed by atoms with Crippen LogP contribution < -0.4 is 10.6 Å². The Morgan fingerprint density at radius 3 is 2.76 bits per heavy atom. The van der Waals surface area contributed by atoms with Crippen molar-refractivity contribution in [1.82, 2.24) is 25.4 Å². The van der Waals surface area contributed by atoms with Crippen molar-refractivity contribution in [2.24, 2.45) is 11.8 Å². The van der Waals surface area contributed by atoms with Gasteiger partial charge in [0.15, 0.2) is 5.82 Å². The second-order valence-corrected chi connectivity index (χ2v) is 7.82. The third-order valence-corrected chi connectivity index (χ3v) is 5.30. The lowest BCUT2D eigenvalue weighted by Crippen LogP contribution is -2.38. The molecule has 1 atom stereocenters. The van der Waals surface area contributed by atoms with E-state index in [1.807, 2.05) is 0 Å². The van der Waals surface area contributed by atoms with Crippen molar-refractivity contribution in [3.05, 3.63) is 11.6 Å². The number of hydrogen-bond acceptors (Lipinski definition) is 5. The van der Waals surface area contributed by atoms with Gasteiger partial charge < -0.3 is 20.3 Å². The molecule has 0 spiro atoms. The van der Waals surface area contributed by atoms with Crippen LogP contribution in [0.15, 0.2) is 0 Å². The summed E-state index contributed by atoms with van der Waals surface area (Å²) in [5, 5.41) is 25.1. The average Bonchev–Trinajstić information content (AvgIpc) is 2.83. The molecule has 0 bridgehead atoms. The van der Waals surface area contributed by atoms with Crippen molar-refractivity contribution in [2.45, 2.75) is 71.1 Å². The molecule has 1 amide bonds. The number of rotatable bonds is 5. The van der Waals surface area contributed by atoms with Gasteiger partial charge in [0, 0.05) is 32.0 Å². The van der Waals surface area contributed by atoms with Crippen LogP contribution in [0.5, 0.6) is 0 Å². The standard InChI is InChI=1S/C18H31N5O2/c1-12(2)11-15(20-18(25)13-3-5-14(24)6-4-13)17-22-21-16-7-8-19-9-10-23(16)17/h12-15,19,24H,3-11H2,1-2H3,(H,20,25)/t13?,14?,15-/m1/s1. The highest BCUT2D eigenvalue weighted by Gasteiger charge is 2.29. The van der Waals surface area contributed by atoms with Crippen molar-refractivity contribution in [2.75, 3.05) is 13.1 Å². The number of nitrogens with one attached hydrogen (secondary N) is 2. The SMILES string of the molecule is CC(C)C[C@@H](NC(=O)C1CCC(O)CC1)c1nnc2n1CCNCC2. The molecule has 2 heterocycles. The molecule has 140 valence electrons. The van der Waals surface area contributed by atoms with E-state index < -0.39 is 0 Å². The van der Waals surface area contributed by atoms with E-state index in [0.717, 1.165) is 69.8 Å². The summed E-state index contributed by atoms with van der Waals surface area (Å²) in [5.74, 6) is 2.45. The number of nitrogens with zero attached hydrogens (tertiary/aromatic N) is 3. The monoisotopic (exact) mass is 349 g/mol. The maximum Gasteiger partial charge on any atom is 0.223 e. The number of aliphatic hydroxyl groups is 1. The molecule has 1 saturated carbocycles. The second kappa shape index (κ2) is 8.27. The lowest BCUT2D eigenvalue weighted by Gasteiger charge is -2.27. The topological polar surface area (TPSA) is 92.1 Å². The average molecular weight is 349 g/mol. The number of aromatic nitrogens is 3. The molecule has 1 fully saturated rings. The normalized spacial score (nSPS) is 25.3. The molecule has 1 aromatic heterocycles. The lowest BCUT2D eigenvalue weighted by atomic mass is 9.86. The van der Waals surface area contributed by atoms with E-state index in [1.54, 1.807) is 0 Å². The van der Waals surface area contributed by atoms with Crippen LogP contribution in [-0.2, 0) is 17.8 Å². The van der Waals surface area contributed by atoms with E-state index in [1.165, 1.54) is 0 Å². The first-order valence-electron chi connectivity index (χ1n) is 9.65. The minimum atomic E-state index is -0.240. The molecular formula is C18H31N5O2. The molecule has 2 aliphatic rings. The molecule has 3 rings (SSSR count). The smallest absolute Gasteiger partial charge is 0.223 e. The molecule has 3 N–H and O–H groups in total. The molecule has 1 aliphatic heterocycles. The summed E-state index contributed by atoms with van der Waals surface area (Å²) >= 11 is 0. The molecule has 0 radical (unpaired) electrons. The molecular weight excluding hydrogens is 318 g/mol. The number of fused-ring (bicyclic) bond motifs is 1. The molecule has 1 aromatic rings. The fourth-order valence-electron chi connectivity index (χ4n) is 3.88. The minimum Gasteiger partial charge on any atom is -0.393 e. The van der Waals surface area contributed by atoms with E-state index in [2.05, 4.69) is 39.2 Å². The summed E-state index contributed by atoms with van der Waals surface area (Å²) in [4.78, 5) is 12.8. The molecule has 1 aliphatic carbocycles. The summed E-state index contributed by atoms with van der Waals surface area (Å²) in [7, 11) is 0. The summed E-state index contributed by atoms with van der Waals surface area (Å²) in [5.41, 5.74) is 0. The van der Waals surface area contributed by atoms with Gasteiger partial charge in [0.05, 0.1) is 12.1 Å². The molecule has 0 saturated heterocycles. The van der Waals surface area contributed by atoms with E-state index >= 15 is 0 Å². The molecule has 0 unspecified atom stereocenters.